The molecule has 3 aromatic rings. The van der Waals surface area contributed by atoms with Gasteiger partial charge in [0, 0.05) is 31.5 Å². The molecule has 0 amide bonds. The maximum atomic E-state index is 13.6. The minimum absolute atomic E-state index is 0.0202. The van der Waals surface area contributed by atoms with Crippen molar-refractivity contribution in [2.75, 3.05) is 18.0 Å². The lowest BCUT2D eigenvalue weighted by Crippen LogP contribution is -2.39. The van der Waals surface area contributed by atoms with E-state index in [0.717, 1.165) is 13.0 Å². The molecule has 0 aliphatic carbocycles. The Morgan fingerprint density at radius 1 is 1.38 bits per heavy atom. The summed E-state index contributed by atoms with van der Waals surface area (Å²) in [5, 5.41) is 9.24. The molecule has 7 nitrogen and oxygen atoms in total. The number of piperidine rings is 1. The summed E-state index contributed by atoms with van der Waals surface area (Å²) in [7, 11) is 0. The fourth-order valence-electron chi connectivity index (χ4n) is 3.18. The number of aromatic nitrogens is 4. The van der Waals surface area contributed by atoms with Crippen LogP contribution in [0.1, 0.15) is 12.8 Å². The van der Waals surface area contributed by atoms with E-state index in [1.165, 1.54) is 12.3 Å². The highest BCUT2D eigenvalue weighted by atomic mass is 35.5. The first-order valence-electron chi connectivity index (χ1n) is 8.16. The van der Waals surface area contributed by atoms with Crippen LogP contribution in [-0.2, 0) is 4.79 Å². The predicted octanol–water partition coefficient (Wildman–Crippen LogP) is 2.88. The Labute approximate surface area is 153 Å². The van der Waals surface area contributed by atoms with Gasteiger partial charge in [-0.05, 0) is 18.9 Å². The molecule has 9 heteroatoms. The lowest BCUT2D eigenvalue weighted by atomic mass is 9.98. The maximum Gasteiger partial charge on any atom is 0.308 e. The molecule has 3 aromatic heterocycles. The van der Waals surface area contributed by atoms with Gasteiger partial charge in [-0.15, -0.1) is 0 Å². The molecule has 4 heterocycles. The van der Waals surface area contributed by atoms with Crippen molar-refractivity contribution >= 4 is 29.0 Å². The molecule has 1 aliphatic rings. The van der Waals surface area contributed by atoms with Crippen LogP contribution in [0.5, 0.6) is 0 Å². The zero-order valence-electron chi connectivity index (χ0n) is 13.6. The van der Waals surface area contributed by atoms with E-state index in [0.29, 0.717) is 35.9 Å². The van der Waals surface area contributed by atoms with Crippen LogP contribution in [0, 0.1) is 11.7 Å². The van der Waals surface area contributed by atoms with Gasteiger partial charge in [-0.25, -0.2) is 19.3 Å². The molecule has 1 fully saturated rings. The van der Waals surface area contributed by atoms with Crippen LogP contribution < -0.4 is 4.90 Å². The number of nitrogens with zero attached hydrogens (tertiary/aromatic N) is 5. The van der Waals surface area contributed by atoms with Crippen molar-refractivity contribution in [2.45, 2.75) is 12.8 Å². The van der Waals surface area contributed by atoms with Gasteiger partial charge >= 0.3 is 5.97 Å². The summed E-state index contributed by atoms with van der Waals surface area (Å²) in [6, 6.07) is 3.00. The first-order valence-corrected chi connectivity index (χ1v) is 8.54. The molecule has 1 saturated heterocycles. The number of anilines is 1. The molecule has 0 saturated carbocycles. The second-order valence-electron chi connectivity index (χ2n) is 6.20. The van der Waals surface area contributed by atoms with Crippen molar-refractivity contribution in [3.8, 4) is 11.5 Å². The summed E-state index contributed by atoms with van der Waals surface area (Å²) in [4.78, 5) is 26.2. The number of imidazole rings is 1. The van der Waals surface area contributed by atoms with E-state index in [4.69, 9.17) is 11.6 Å². The summed E-state index contributed by atoms with van der Waals surface area (Å²) in [5.41, 5.74) is 0.982. The molecule has 4 rings (SSSR count). The smallest absolute Gasteiger partial charge is 0.308 e. The van der Waals surface area contributed by atoms with Crippen molar-refractivity contribution in [1.29, 1.82) is 0 Å². The molecule has 0 spiro atoms. The summed E-state index contributed by atoms with van der Waals surface area (Å²) in [6.45, 7) is 1.15. The lowest BCUT2D eigenvalue weighted by molar-refractivity contribution is -0.141. The van der Waals surface area contributed by atoms with Crippen LogP contribution in [0.2, 0.25) is 5.02 Å². The second kappa shape index (κ2) is 6.53. The number of rotatable bonds is 3. The highest BCUT2D eigenvalue weighted by Gasteiger charge is 2.26. The first-order chi connectivity index (χ1) is 12.5. The van der Waals surface area contributed by atoms with Crippen molar-refractivity contribution in [3.05, 3.63) is 41.6 Å². The van der Waals surface area contributed by atoms with Gasteiger partial charge in [-0.1, -0.05) is 11.6 Å². The minimum atomic E-state index is -0.789. The van der Waals surface area contributed by atoms with Gasteiger partial charge in [0.2, 0.25) is 0 Å². The van der Waals surface area contributed by atoms with Crippen LogP contribution in [0.3, 0.4) is 0 Å². The number of halogens is 2. The zero-order valence-corrected chi connectivity index (χ0v) is 14.4. The molecular formula is C17H15ClFN5O2. The quantitative estimate of drug-likeness (QED) is 0.757. The summed E-state index contributed by atoms with van der Waals surface area (Å²) >= 11 is 5.87. The Morgan fingerprint density at radius 2 is 2.23 bits per heavy atom. The number of carbonyl (C=O) groups is 1. The highest BCUT2D eigenvalue weighted by Crippen LogP contribution is 2.25. The summed E-state index contributed by atoms with van der Waals surface area (Å²) in [6.07, 6.45) is 6.07. The molecular weight excluding hydrogens is 361 g/mol. The van der Waals surface area contributed by atoms with Crippen LogP contribution in [0.4, 0.5) is 10.2 Å². The minimum Gasteiger partial charge on any atom is -0.481 e. The van der Waals surface area contributed by atoms with Gasteiger partial charge in [0.05, 0.1) is 17.1 Å². The number of hydrogen-bond donors (Lipinski definition) is 1. The summed E-state index contributed by atoms with van der Waals surface area (Å²) < 4.78 is 15.2. The van der Waals surface area contributed by atoms with Crippen molar-refractivity contribution < 1.29 is 14.3 Å². The van der Waals surface area contributed by atoms with Crippen LogP contribution in [0.25, 0.3) is 17.2 Å². The van der Waals surface area contributed by atoms with Gasteiger partial charge in [-0.2, -0.15) is 0 Å². The van der Waals surface area contributed by atoms with E-state index >= 15 is 0 Å². The monoisotopic (exact) mass is 375 g/mol. The Kier molecular flexibility index (Phi) is 4.20. The van der Waals surface area contributed by atoms with E-state index < -0.39 is 17.7 Å². The molecule has 0 bridgehead atoms. The molecule has 1 atom stereocenters. The molecule has 1 unspecified atom stereocenters. The average molecular weight is 376 g/mol. The zero-order chi connectivity index (χ0) is 18.3. The van der Waals surface area contributed by atoms with Crippen LogP contribution in [0.15, 0.2) is 30.7 Å². The van der Waals surface area contributed by atoms with Gasteiger partial charge in [0.1, 0.15) is 23.0 Å². The van der Waals surface area contributed by atoms with Crippen LogP contribution >= 0.6 is 11.6 Å². The third kappa shape index (κ3) is 2.96. The van der Waals surface area contributed by atoms with Crippen molar-refractivity contribution in [2.24, 2.45) is 5.92 Å². The first kappa shape index (κ1) is 16.7. The van der Waals surface area contributed by atoms with Gasteiger partial charge in [0.25, 0.3) is 0 Å². The molecule has 26 heavy (non-hydrogen) atoms. The molecule has 0 radical (unpaired) electrons. The Balaban J connectivity index is 1.70. The largest absolute Gasteiger partial charge is 0.481 e. The molecule has 134 valence electrons. The number of pyridine rings is 1. The van der Waals surface area contributed by atoms with Gasteiger partial charge in [-0.3, -0.25) is 9.20 Å². The topological polar surface area (TPSA) is 83.6 Å². The average Bonchev–Trinajstić information content (AvgIpc) is 3.05. The molecule has 1 aliphatic heterocycles. The summed E-state index contributed by atoms with van der Waals surface area (Å²) in [5.74, 6) is -0.666. The number of carboxylic acid groups (broad SMARTS) is 1. The lowest BCUT2D eigenvalue weighted by Gasteiger charge is -2.31. The predicted molar refractivity (Wildman–Crippen MR) is 93.8 cm³/mol. The Bertz CT molecular complexity index is 992. The SMILES string of the molecule is O=C(O)C1CCCN(c2ccnc(-c3cnc4cc(F)c(Cl)cn34)n2)C1. The highest BCUT2D eigenvalue weighted by molar-refractivity contribution is 6.30. The van der Waals surface area contributed by atoms with E-state index in [1.807, 2.05) is 4.90 Å². The van der Waals surface area contributed by atoms with E-state index in [1.54, 1.807) is 22.9 Å². The van der Waals surface area contributed by atoms with E-state index in [9.17, 15) is 14.3 Å². The number of carboxylic acids is 1. The number of hydrogen-bond acceptors (Lipinski definition) is 5. The van der Waals surface area contributed by atoms with Crippen molar-refractivity contribution in [3.63, 3.8) is 0 Å². The fourth-order valence-corrected chi connectivity index (χ4v) is 3.33. The third-order valence-electron chi connectivity index (χ3n) is 4.52. The Hall–Kier alpha value is -2.74. The normalized spacial score (nSPS) is 17.6. The third-order valence-corrected chi connectivity index (χ3v) is 4.79. The van der Waals surface area contributed by atoms with Gasteiger partial charge < -0.3 is 10.0 Å². The van der Waals surface area contributed by atoms with E-state index in [-0.39, 0.29) is 5.02 Å². The number of fused-ring (bicyclic) bond motifs is 1. The number of aliphatic carboxylic acids is 1. The molecule has 1 N–H and O–H groups in total. The molecule has 0 aromatic carbocycles. The maximum absolute atomic E-state index is 13.6. The van der Waals surface area contributed by atoms with Crippen molar-refractivity contribution in [1.82, 2.24) is 19.4 Å². The second-order valence-corrected chi connectivity index (χ2v) is 6.61. The van der Waals surface area contributed by atoms with Gasteiger partial charge in [0.15, 0.2) is 5.82 Å². The van der Waals surface area contributed by atoms with E-state index in [2.05, 4.69) is 15.0 Å². The standard InChI is InChI=1S/C17H15ClFN5O2/c18-11-9-24-13(7-21-15(24)6-12(11)19)16-20-4-3-14(22-16)23-5-1-2-10(8-23)17(25)26/h3-4,6-7,9-10H,1-2,5,8H2,(H,25,26). The van der Waals surface area contributed by atoms with Crippen LogP contribution in [-0.4, -0.2) is 43.5 Å². The Morgan fingerprint density at radius 3 is 3.04 bits per heavy atom. The fraction of sp³-hybridized carbons (Fsp3) is 0.294.